The molecule has 31 heavy (non-hydrogen) atoms. The highest BCUT2D eigenvalue weighted by Crippen LogP contribution is 2.34. The van der Waals surface area contributed by atoms with Gasteiger partial charge in [0.25, 0.3) is 5.91 Å². The van der Waals surface area contributed by atoms with Gasteiger partial charge in [0.15, 0.2) is 0 Å². The van der Waals surface area contributed by atoms with Gasteiger partial charge in [-0.15, -0.1) is 0 Å². The molecule has 1 atom stereocenters. The molecule has 0 radical (unpaired) electrons. The smallest absolute Gasteiger partial charge is 0.254 e. The van der Waals surface area contributed by atoms with Crippen molar-refractivity contribution in [1.29, 1.82) is 0 Å². The van der Waals surface area contributed by atoms with Crippen molar-refractivity contribution < 1.29 is 18.0 Å². The monoisotopic (exact) mass is 461 g/mol. The zero-order chi connectivity index (χ0) is 22.2. The average Bonchev–Trinajstić information content (AvgIpc) is 2.96. The Morgan fingerprint density at radius 2 is 1.74 bits per heavy atom. The van der Waals surface area contributed by atoms with E-state index < -0.39 is 21.8 Å². The average molecular weight is 462 g/mol. The van der Waals surface area contributed by atoms with Crippen LogP contribution in [0.2, 0.25) is 5.02 Å². The molecule has 0 spiro atoms. The fraction of sp³-hybridized carbons (Fsp3) is 0.364. The summed E-state index contributed by atoms with van der Waals surface area (Å²) in [5, 5.41) is 0.121. The maximum atomic E-state index is 13.1. The molecular formula is C22H24ClN3O4S. The maximum absolute atomic E-state index is 13.1. The molecule has 2 saturated heterocycles. The van der Waals surface area contributed by atoms with E-state index in [-0.39, 0.29) is 22.4 Å². The number of nitrogens with zero attached hydrogens (tertiary/aromatic N) is 3. The first kappa shape index (κ1) is 21.8. The summed E-state index contributed by atoms with van der Waals surface area (Å²) in [7, 11) is -3.80. The van der Waals surface area contributed by atoms with Crippen molar-refractivity contribution in [2.45, 2.75) is 13.5 Å². The fourth-order valence-electron chi connectivity index (χ4n) is 4.00. The molecule has 7 nitrogen and oxygen atoms in total. The third-order valence-corrected chi connectivity index (χ3v) is 7.85. The van der Waals surface area contributed by atoms with E-state index in [4.69, 9.17) is 11.6 Å². The van der Waals surface area contributed by atoms with Crippen LogP contribution < -0.4 is 4.31 Å². The van der Waals surface area contributed by atoms with Gasteiger partial charge in [0.05, 0.1) is 22.4 Å². The predicted molar refractivity (Wildman–Crippen MR) is 120 cm³/mol. The molecular weight excluding hydrogens is 438 g/mol. The summed E-state index contributed by atoms with van der Waals surface area (Å²) in [5.74, 6) is -1.63. The van der Waals surface area contributed by atoms with Gasteiger partial charge in [0.1, 0.15) is 0 Å². The molecule has 2 aliphatic heterocycles. The second-order valence-corrected chi connectivity index (χ2v) is 10.3. The minimum atomic E-state index is -3.80. The number of hydrogen-bond acceptors (Lipinski definition) is 5. The molecule has 0 bridgehead atoms. The number of carbonyl (C=O) groups is 2. The van der Waals surface area contributed by atoms with Gasteiger partial charge in [0.2, 0.25) is 15.9 Å². The van der Waals surface area contributed by atoms with Crippen molar-refractivity contribution in [2.75, 3.05) is 36.2 Å². The number of sulfonamides is 1. The van der Waals surface area contributed by atoms with E-state index in [1.54, 1.807) is 17.9 Å². The molecule has 2 aliphatic rings. The fourth-order valence-corrected chi connectivity index (χ4v) is 6.08. The highest BCUT2D eigenvalue weighted by Gasteiger charge is 2.43. The number of carbonyl (C=O) groups excluding carboxylic acids is 2. The highest BCUT2D eigenvalue weighted by atomic mass is 35.5. The Labute approximate surface area is 187 Å². The number of halogens is 1. The molecule has 2 heterocycles. The van der Waals surface area contributed by atoms with E-state index in [1.807, 2.05) is 18.2 Å². The minimum Gasteiger partial charge on any atom is -0.336 e. The van der Waals surface area contributed by atoms with Gasteiger partial charge in [0, 0.05) is 38.3 Å². The second kappa shape index (κ2) is 8.61. The number of amides is 2. The molecule has 164 valence electrons. The van der Waals surface area contributed by atoms with E-state index in [2.05, 4.69) is 17.0 Å². The van der Waals surface area contributed by atoms with Crippen LogP contribution >= 0.6 is 11.6 Å². The standard InChI is InChI=1S/C22H24ClN3O4S/c1-16-15-31(29,30)26(21(16)27)20-13-18(7-8-19(20)23)22(28)25-11-9-24(10-12-25)14-17-5-3-2-4-6-17/h2-8,13,16H,9-12,14-15H2,1H3. The molecule has 4 rings (SSSR count). The zero-order valence-electron chi connectivity index (χ0n) is 17.2. The van der Waals surface area contributed by atoms with Gasteiger partial charge in [-0.25, -0.2) is 12.7 Å². The summed E-state index contributed by atoms with van der Waals surface area (Å²) >= 11 is 6.21. The van der Waals surface area contributed by atoms with Gasteiger partial charge in [-0.3, -0.25) is 14.5 Å². The van der Waals surface area contributed by atoms with E-state index in [9.17, 15) is 18.0 Å². The summed E-state index contributed by atoms with van der Waals surface area (Å²) in [5.41, 5.74) is 1.60. The van der Waals surface area contributed by atoms with Crippen molar-refractivity contribution in [2.24, 2.45) is 5.92 Å². The molecule has 0 aromatic heterocycles. The number of anilines is 1. The molecule has 2 amide bonds. The highest BCUT2D eigenvalue weighted by molar-refractivity contribution is 7.94. The summed E-state index contributed by atoms with van der Waals surface area (Å²) in [6, 6.07) is 14.6. The second-order valence-electron chi connectivity index (χ2n) is 8.00. The summed E-state index contributed by atoms with van der Waals surface area (Å²) in [4.78, 5) is 29.5. The molecule has 2 aromatic carbocycles. The number of rotatable bonds is 4. The summed E-state index contributed by atoms with van der Waals surface area (Å²) in [6.07, 6.45) is 0. The lowest BCUT2D eigenvalue weighted by atomic mass is 10.1. The Balaban J connectivity index is 1.48. The first-order chi connectivity index (χ1) is 14.8. The van der Waals surface area contributed by atoms with Crippen molar-refractivity contribution in [3.63, 3.8) is 0 Å². The molecule has 0 N–H and O–H groups in total. The van der Waals surface area contributed by atoms with Gasteiger partial charge in [-0.2, -0.15) is 0 Å². The minimum absolute atomic E-state index is 0.0459. The van der Waals surface area contributed by atoms with E-state index >= 15 is 0 Å². The van der Waals surface area contributed by atoms with Crippen LogP contribution in [0, 0.1) is 5.92 Å². The molecule has 2 aromatic rings. The van der Waals surface area contributed by atoms with Crippen LogP contribution in [-0.4, -0.2) is 62.0 Å². The van der Waals surface area contributed by atoms with Gasteiger partial charge in [-0.1, -0.05) is 48.9 Å². The Hall–Kier alpha value is -2.42. The van der Waals surface area contributed by atoms with Gasteiger partial charge >= 0.3 is 0 Å². The number of hydrogen-bond donors (Lipinski definition) is 0. The van der Waals surface area contributed by atoms with Crippen LogP contribution in [0.25, 0.3) is 0 Å². The number of benzene rings is 2. The third-order valence-electron chi connectivity index (χ3n) is 5.68. The van der Waals surface area contributed by atoms with Crippen molar-refractivity contribution in [3.05, 3.63) is 64.7 Å². The summed E-state index contributed by atoms with van der Waals surface area (Å²) in [6.45, 7) is 5.04. The van der Waals surface area contributed by atoms with Crippen LogP contribution in [0.15, 0.2) is 48.5 Å². The first-order valence-electron chi connectivity index (χ1n) is 10.2. The molecule has 0 saturated carbocycles. The lowest BCUT2D eigenvalue weighted by Crippen LogP contribution is -2.48. The van der Waals surface area contributed by atoms with Crippen molar-refractivity contribution in [1.82, 2.24) is 9.80 Å². The molecule has 9 heteroatoms. The lowest BCUT2D eigenvalue weighted by molar-refractivity contribution is -0.119. The van der Waals surface area contributed by atoms with Gasteiger partial charge in [-0.05, 0) is 23.8 Å². The predicted octanol–water partition coefficient (Wildman–Crippen LogP) is 2.61. The Morgan fingerprint density at radius 3 is 2.35 bits per heavy atom. The third kappa shape index (κ3) is 4.46. The van der Waals surface area contributed by atoms with Crippen LogP contribution in [-0.2, 0) is 21.4 Å². The Kier molecular flexibility index (Phi) is 6.05. The lowest BCUT2D eigenvalue weighted by Gasteiger charge is -2.35. The topological polar surface area (TPSA) is 78.0 Å². The zero-order valence-corrected chi connectivity index (χ0v) is 18.8. The molecule has 0 aliphatic carbocycles. The Bertz CT molecular complexity index is 1100. The summed E-state index contributed by atoms with van der Waals surface area (Å²) < 4.78 is 25.6. The first-order valence-corrected chi connectivity index (χ1v) is 12.2. The maximum Gasteiger partial charge on any atom is 0.254 e. The van der Waals surface area contributed by atoms with E-state index in [1.165, 1.54) is 17.7 Å². The van der Waals surface area contributed by atoms with Crippen LogP contribution in [0.5, 0.6) is 0 Å². The molecule has 2 fully saturated rings. The quantitative estimate of drug-likeness (QED) is 0.699. The Morgan fingerprint density at radius 1 is 1.06 bits per heavy atom. The molecule has 1 unspecified atom stereocenters. The van der Waals surface area contributed by atoms with Crippen molar-refractivity contribution >= 4 is 39.1 Å². The van der Waals surface area contributed by atoms with Crippen LogP contribution in [0.1, 0.15) is 22.8 Å². The SMILES string of the molecule is CC1CS(=O)(=O)N(c2cc(C(=O)N3CCN(Cc4ccccc4)CC3)ccc2Cl)C1=O. The number of piperazine rings is 1. The van der Waals surface area contributed by atoms with E-state index in [0.29, 0.717) is 18.7 Å². The normalized spacial score (nSPS) is 21.5. The van der Waals surface area contributed by atoms with Gasteiger partial charge < -0.3 is 4.90 Å². The largest absolute Gasteiger partial charge is 0.336 e. The van der Waals surface area contributed by atoms with Crippen LogP contribution in [0.3, 0.4) is 0 Å². The van der Waals surface area contributed by atoms with Crippen molar-refractivity contribution in [3.8, 4) is 0 Å². The van der Waals surface area contributed by atoms with Crippen LogP contribution in [0.4, 0.5) is 5.69 Å². The van der Waals surface area contributed by atoms with E-state index in [0.717, 1.165) is 23.9 Å².